The molecule has 0 aromatic heterocycles. The first-order chi connectivity index (χ1) is 35.2. The molecule has 0 saturated carbocycles. The predicted octanol–water partition coefficient (Wildman–Crippen LogP) is -1.45. The lowest BCUT2D eigenvalue weighted by Crippen LogP contribution is -2.64. The summed E-state index contributed by atoms with van der Waals surface area (Å²) in [6.45, 7) is 15.6. The third-order valence-electron chi connectivity index (χ3n) is 11.8. The van der Waals surface area contributed by atoms with Gasteiger partial charge in [-0.25, -0.2) is 0 Å². The molecule has 7 atom stereocenters. The summed E-state index contributed by atoms with van der Waals surface area (Å²) < 4.78 is 0. The highest BCUT2D eigenvalue weighted by atomic mass is 16.3. The minimum absolute atomic E-state index is 0.0100. The summed E-state index contributed by atoms with van der Waals surface area (Å²) in [5, 5.41) is 63.2. The van der Waals surface area contributed by atoms with Gasteiger partial charge in [0, 0.05) is 12.0 Å². The van der Waals surface area contributed by atoms with Gasteiger partial charge in [-0.1, -0.05) is 12.1 Å². The SMILES string of the molecule is C[C@H](NC(=O)[C@H](CCCCN)NC(=O)[C@H](Cc1ccc(O)c(O)c1)NC(=O)[C@H](CCCCN)NC(=O)[C@@H](N)Cc1ccc(O)c(O)c1)C(=O)NC(C)(C)C(=O)N[C@@H](C)C(=O)NC(C)(C)C(=O)N[C@@H](C)C(=O)NC(C)(C)C. The number of phenolic OH excluding ortho intramolecular Hbond substituents is 4. The molecule has 0 bridgehead atoms. The molecular weight excluding hydrogens is 989 g/mol. The Morgan fingerprint density at radius 2 is 0.803 bits per heavy atom. The number of benzene rings is 2. The van der Waals surface area contributed by atoms with E-state index in [4.69, 9.17) is 17.2 Å². The van der Waals surface area contributed by atoms with E-state index in [9.17, 15) is 63.6 Å². The van der Waals surface area contributed by atoms with E-state index in [1.54, 1.807) is 20.8 Å². The number of hydrogen-bond acceptors (Lipinski definition) is 16. The van der Waals surface area contributed by atoms with Crippen molar-refractivity contribution in [1.29, 1.82) is 0 Å². The molecule has 0 radical (unpaired) electrons. The molecule has 0 aliphatic carbocycles. The van der Waals surface area contributed by atoms with Crippen LogP contribution in [0.1, 0.15) is 119 Å². The van der Waals surface area contributed by atoms with Gasteiger partial charge in [-0.15, -0.1) is 0 Å². The molecule has 19 N–H and O–H groups in total. The van der Waals surface area contributed by atoms with Gasteiger partial charge in [0.25, 0.3) is 0 Å². The van der Waals surface area contributed by atoms with Crippen LogP contribution >= 0.6 is 0 Å². The molecule has 0 aliphatic heterocycles. The van der Waals surface area contributed by atoms with Crippen molar-refractivity contribution in [3.8, 4) is 23.0 Å². The molecule has 25 heteroatoms. The summed E-state index contributed by atoms with van der Waals surface area (Å²) in [6.07, 6.45) is 1.29. The van der Waals surface area contributed by atoms with Gasteiger partial charge in [0.2, 0.25) is 53.2 Å². The fraction of sp³-hybridized carbons (Fsp3) is 0.588. The van der Waals surface area contributed by atoms with Gasteiger partial charge in [-0.05, 0) is 163 Å². The first-order valence-corrected chi connectivity index (χ1v) is 25.2. The molecule has 9 amide bonds. The second-order valence-corrected chi connectivity index (χ2v) is 21.0. The van der Waals surface area contributed by atoms with Crippen molar-refractivity contribution in [2.75, 3.05) is 13.1 Å². The van der Waals surface area contributed by atoms with Crippen LogP contribution in [0.4, 0.5) is 0 Å². The van der Waals surface area contributed by atoms with E-state index in [-0.39, 0.29) is 50.1 Å². The summed E-state index contributed by atoms with van der Waals surface area (Å²) in [4.78, 5) is 122. The number of carbonyl (C=O) groups excluding carboxylic acids is 9. The number of phenols is 4. The molecule has 424 valence electrons. The number of rotatable bonds is 29. The van der Waals surface area contributed by atoms with Crippen molar-refractivity contribution in [1.82, 2.24) is 47.9 Å². The van der Waals surface area contributed by atoms with Gasteiger partial charge in [0.15, 0.2) is 23.0 Å². The summed E-state index contributed by atoms with van der Waals surface area (Å²) in [6, 6.07) is -1.09. The lowest BCUT2D eigenvalue weighted by Gasteiger charge is -2.31. The minimum atomic E-state index is -1.68. The first-order valence-electron chi connectivity index (χ1n) is 25.2. The lowest BCUT2D eigenvalue weighted by molar-refractivity contribution is -0.138. The maximum absolute atomic E-state index is 14.3. The van der Waals surface area contributed by atoms with Gasteiger partial charge in [-0.2, -0.15) is 0 Å². The van der Waals surface area contributed by atoms with Crippen molar-refractivity contribution < 1.29 is 63.6 Å². The second kappa shape index (κ2) is 29.2. The average molecular weight is 1070 g/mol. The Kier molecular flexibility index (Phi) is 24.9. The van der Waals surface area contributed by atoms with Gasteiger partial charge < -0.3 is 85.5 Å². The van der Waals surface area contributed by atoms with Crippen LogP contribution in [-0.4, -0.2) is 146 Å². The number of nitrogens with one attached hydrogen (secondary N) is 9. The summed E-state index contributed by atoms with van der Waals surface area (Å²) in [7, 11) is 0. The molecule has 0 heterocycles. The Balaban J connectivity index is 2.27. The first kappa shape index (κ1) is 64.9. The van der Waals surface area contributed by atoms with Crippen molar-refractivity contribution in [2.24, 2.45) is 17.2 Å². The zero-order valence-electron chi connectivity index (χ0n) is 45.3. The number of carbonyl (C=O) groups is 9. The van der Waals surface area contributed by atoms with Gasteiger partial charge in [0.05, 0.1) is 6.04 Å². The maximum atomic E-state index is 14.3. The Morgan fingerprint density at radius 1 is 0.447 bits per heavy atom. The highest BCUT2D eigenvalue weighted by Gasteiger charge is 2.38. The summed E-state index contributed by atoms with van der Waals surface area (Å²) >= 11 is 0. The van der Waals surface area contributed by atoms with E-state index in [2.05, 4.69) is 47.9 Å². The van der Waals surface area contributed by atoms with Crippen molar-refractivity contribution >= 4 is 53.2 Å². The third-order valence-corrected chi connectivity index (χ3v) is 11.8. The zero-order chi connectivity index (χ0) is 57.9. The van der Waals surface area contributed by atoms with E-state index >= 15 is 0 Å². The van der Waals surface area contributed by atoms with Crippen LogP contribution in [0.2, 0.25) is 0 Å². The third kappa shape index (κ3) is 21.5. The monoisotopic (exact) mass is 1070 g/mol. The molecule has 0 spiro atoms. The number of amides is 9. The molecule has 2 aromatic rings. The second-order valence-electron chi connectivity index (χ2n) is 21.0. The van der Waals surface area contributed by atoms with Crippen LogP contribution < -0.4 is 65.1 Å². The highest BCUT2D eigenvalue weighted by molar-refractivity contribution is 5.99. The van der Waals surface area contributed by atoms with Crippen LogP contribution in [0, 0.1) is 0 Å². The summed E-state index contributed by atoms with van der Waals surface area (Å²) in [5.41, 5.74) is 14.6. The van der Waals surface area contributed by atoms with Crippen LogP contribution in [-0.2, 0) is 56.0 Å². The topological polar surface area (TPSA) is 421 Å². The fourth-order valence-electron chi connectivity index (χ4n) is 7.22. The van der Waals surface area contributed by atoms with Gasteiger partial charge >= 0.3 is 0 Å². The number of nitrogens with two attached hydrogens (primary N) is 3. The molecule has 0 fully saturated rings. The van der Waals surface area contributed by atoms with Crippen molar-refractivity contribution in [2.45, 2.75) is 180 Å². The number of hydrogen-bond donors (Lipinski definition) is 16. The van der Waals surface area contributed by atoms with E-state index in [1.165, 1.54) is 84.9 Å². The quantitative estimate of drug-likeness (QED) is 0.0327. The van der Waals surface area contributed by atoms with Crippen LogP contribution in [0.25, 0.3) is 0 Å². The van der Waals surface area contributed by atoms with E-state index in [0.29, 0.717) is 31.2 Å². The van der Waals surface area contributed by atoms with E-state index < -0.39 is 129 Å². The molecule has 25 nitrogen and oxygen atoms in total. The maximum Gasteiger partial charge on any atom is 0.245 e. The van der Waals surface area contributed by atoms with Crippen LogP contribution in [0.3, 0.4) is 0 Å². The molecular formula is C51H82N12O13. The average Bonchev–Trinajstić information content (AvgIpc) is 3.31. The molecule has 0 aliphatic rings. The molecule has 2 aromatic carbocycles. The van der Waals surface area contributed by atoms with Gasteiger partial charge in [0.1, 0.15) is 47.3 Å². The largest absolute Gasteiger partial charge is 0.504 e. The minimum Gasteiger partial charge on any atom is -0.504 e. The molecule has 0 unspecified atom stereocenters. The van der Waals surface area contributed by atoms with Crippen molar-refractivity contribution in [3.63, 3.8) is 0 Å². The number of unbranched alkanes of at least 4 members (excludes halogenated alkanes) is 2. The smallest absolute Gasteiger partial charge is 0.245 e. The van der Waals surface area contributed by atoms with Gasteiger partial charge in [-0.3, -0.25) is 43.2 Å². The zero-order valence-corrected chi connectivity index (χ0v) is 45.3. The standard InChI is InChI=1S/C51H82N12O13/c1-27(41(69)62-50(7,8)48(76)57-29(3)42(70)63-51(9,10)47(75)56-28(2)40(68)61-49(4,5)6)55-44(72)33(15-11-13-21-52)59-46(74)35(24-31-18-20-37(65)39(67)26-31)60-45(73)34(16-12-14-22-53)58-43(71)32(54)23-30-17-19-36(64)38(66)25-30/h17-20,25-29,32-35,64-67H,11-16,21-24,52-54H2,1-10H3,(H,55,72)(H,56,75)(H,57,76)(H,58,71)(H,59,74)(H,60,73)(H,61,68)(H,62,69)(H,63,70)/t27-,28-,29-,32-,33-,34-,35-/m0/s1. The lowest BCUT2D eigenvalue weighted by atomic mass is 10.0. The Labute approximate surface area is 443 Å². The Bertz CT molecular complexity index is 2370. The van der Waals surface area contributed by atoms with E-state index in [1.807, 2.05) is 0 Å². The highest BCUT2D eigenvalue weighted by Crippen LogP contribution is 2.26. The normalized spacial score (nSPS) is 14.4. The Morgan fingerprint density at radius 3 is 1.21 bits per heavy atom. The molecule has 2 rings (SSSR count). The van der Waals surface area contributed by atoms with Crippen molar-refractivity contribution in [3.05, 3.63) is 47.5 Å². The van der Waals surface area contributed by atoms with Crippen LogP contribution in [0.5, 0.6) is 23.0 Å². The fourth-order valence-corrected chi connectivity index (χ4v) is 7.22. The number of aromatic hydroxyl groups is 4. The molecule has 76 heavy (non-hydrogen) atoms. The molecule has 0 saturated heterocycles. The Hall–Kier alpha value is -7.25. The van der Waals surface area contributed by atoms with E-state index in [0.717, 1.165) is 0 Å². The summed E-state index contributed by atoms with van der Waals surface area (Å²) in [5.74, 6) is -8.55. The predicted molar refractivity (Wildman–Crippen MR) is 282 cm³/mol. The van der Waals surface area contributed by atoms with Crippen LogP contribution in [0.15, 0.2) is 36.4 Å².